The number of pyridine rings is 1. The second kappa shape index (κ2) is 6.16. The average Bonchev–Trinajstić information content (AvgIpc) is 2.46. The number of aromatic nitrogens is 1. The van der Waals surface area contributed by atoms with Gasteiger partial charge in [0.25, 0.3) is 0 Å². The molecule has 2 atom stereocenters. The molecule has 4 heteroatoms. The molecule has 1 aromatic rings. The van der Waals surface area contributed by atoms with Gasteiger partial charge in [0.1, 0.15) is 0 Å². The SMILES string of the molecule is CCC(O)c1ccc(N2CCCC(CO)C2)cn1. The summed E-state index contributed by atoms with van der Waals surface area (Å²) in [5.74, 6) is 0.375. The van der Waals surface area contributed by atoms with Crippen LogP contribution in [0.2, 0.25) is 0 Å². The Hall–Kier alpha value is -1.13. The van der Waals surface area contributed by atoms with E-state index >= 15 is 0 Å². The second-order valence-electron chi connectivity index (χ2n) is 5.00. The van der Waals surface area contributed by atoms with Gasteiger partial charge in [-0.1, -0.05) is 6.92 Å². The first-order valence-electron chi connectivity index (χ1n) is 6.74. The lowest BCUT2D eigenvalue weighted by Gasteiger charge is -2.33. The van der Waals surface area contributed by atoms with E-state index in [2.05, 4.69) is 9.88 Å². The van der Waals surface area contributed by atoms with Crippen LogP contribution in [0, 0.1) is 5.92 Å². The number of piperidine rings is 1. The smallest absolute Gasteiger partial charge is 0.0957 e. The van der Waals surface area contributed by atoms with Crippen molar-refractivity contribution in [3.05, 3.63) is 24.0 Å². The van der Waals surface area contributed by atoms with Crippen LogP contribution in [0.5, 0.6) is 0 Å². The van der Waals surface area contributed by atoms with E-state index in [-0.39, 0.29) is 6.61 Å². The molecule has 0 radical (unpaired) electrons. The van der Waals surface area contributed by atoms with Crippen LogP contribution in [-0.4, -0.2) is 34.9 Å². The number of aliphatic hydroxyl groups is 2. The third-order valence-corrected chi connectivity index (χ3v) is 3.64. The summed E-state index contributed by atoms with van der Waals surface area (Å²) in [5, 5.41) is 18.9. The Morgan fingerprint density at radius 3 is 2.94 bits per heavy atom. The molecule has 1 saturated heterocycles. The summed E-state index contributed by atoms with van der Waals surface area (Å²) in [6, 6.07) is 3.91. The van der Waals surface area contributed by atoms with Crippen LogP contribution in [0.15, 0.2) is 18.3 Å². The van der Waals surface area contributed by atoms with Gasteiger partial charge in [-0.3, -0.25) is 4.98 Å². The van der Waals surface area contributed by atoms with Crippen molar-refractivity contribution in [2.24, 2.45) is 5.92 Å². The maximum Gasteiger partial charge on any atom is 0.0957 e. The quantitative estimate of drug-likeness (QED) is 0.854. The van der Waals surface area contributed by atoms with E-state index in [4.69, 9.17) is 0 Å². The highest BCUT2D eigenvalue weighted by Crippen LogP contribution is 2.23. The third-order valence-electron chi connectivity index (χ3n) is 3.64. The van der Waals surface area contributed by atoms with Crippen molar-refractivity contribution in [1.82, 2.24) is 4.98 Å². The fourth-order valence-corrected chi connectivity index (χ4v) is 2.44. The molecule has 2 heterocycles. The first kappa shape index (κ1) is 13.3. The van der Waals surface area contributed by atoms with Crippen LogP contribution in [0.25, 0.3) is 0 Å². The Kier molecular flexibility index (Phi) is 4.55. The van der Waals surface area contributed by atoms with Gasteiger partial charge in [0, 0.05) is 19.7 Å². The van der Waals surface area contributed by atoms with Gasteiger partial charge in [-0.15, -0.1) is 0 Å². The molecule has 0 saturated carbocycles. The van der Waals surface area contributed by atoms with Gasteiger partial charge in [-0.2, -0.15) is 0 Å². The van der Waals surface area contributed by atoms with Crippen LogP contribution in [0.1, 0.15) is 38.0 Å². The summed E-state index contributed by atoms with van der Waals surface area (Å²) in [6.07, 6.45) is 4.26. The molecule has 100 valence electrons. The second-order valence-corrected chi connectivity index (χ2v) is 5.00. The molecule has 2 N–H and O–H groups in total. The Morgan fingerprint density at radius 2 is 2.33 bits per heavy atom. The van der Waals surface area contributed by atoms with E-state index in [0.29, 0.717) is 12.3 Å². The Labute approximate surface area is 108 Å². The number of aliphatic hydroxyl groups excluding tert-OH is 2. The largest absolute Gasteiger partial charge is 0.396 e. The zero-order valence-corrected chi connectivity index (χ0v) is 10.9. The maximum absolute atomic E-state index is 9.70. The molecular weight excluding hydrogens is 228 g/mol. The summed E-state index contributed by atoms with van der Waals surface area (Å²) in [6.45, 7) is 4.12. The van der Waals surface area contributed by atoms with Crippen molar-refractivity contribution in [1.29, 1.82) is 0 Å². The van der Waals surface area contributed by atoms with Crippen molar-refractivity contribution in [3.63, 3.8) is 0 Å². The molecule has 2 rings (SSSR count). The molecule has 4 nitrogen and oxygen atoms in total. The van der Waals surface area contributed by atoms with Crippen molar-refractivity contribution >= 4 is 5.69 Å². The third kappa shape index (κ3) is 3.00. The highest BCUT2D eigenvalue weighted by Gasteiger charge is 2.19. The Balaban J connectivity index is 2.04. The van der Waals surface area contributed by atoms with E-state index in [1.54, 1.807) is 0 Å². The molecule has 0 bridgehead atoms. The van der Waals surface area contributed by atoms with Crippen molar-refractivity contribution in [2.45, 2.75) is 32.3 Å². The van der Waals surface area contributed by atoms with Crippen molar-refractivity contribution in [3.8, 4) is 0 Å². The minimum absolute atomic E-state index is 0.260. The van der Waals surface area contributed by atoms with Crippen molar-refractivity contribution < 1.29 is 10.2 Å². The first-order chi connectivity index (χ1) is 8.74. The molecular formula is C14H22N2O2. The normalized spacial score (nSPS) is 21.9. The van der Waals surface area contributed by atoms with Crippen LogP contribution in [-0.2, 0) is 0 Å². The van der Waals surface area contributed by atoms with E-state index < -0.39 is 6.10 Å². The van der Waals surface area contributed by atoms with Crippen LogP contribution in [0.3, 0.4) is 0 Å². The molecule has 0 spiro atoms. The van der Waals surface area contributed by atoms with Crippen LogP contribution < -0.4 is 4.90 Å². The number of nitrogens with zero attached hydrogens (tertiary/aromatic N) is 2. The van der Waals surface area contributed by atoms with E-state index in [1.165, 1.54) is 0 Å². The fraction of sp³-hybridized carbons (Fsp3) is 0.643. The minimum Gasteiger partial charge on any atom is -0.396 e. The topological polar surface area (TPSA) is 56.6 Å². The van der Waals surface area contributed by atoms with Gasteiger partial charge < -0.3 is 15.1 Å². The monoisotopic (exact) mass is 250 g/mol. The molecule has 1 aromatic heterocycles. The predicted molar refractivity (Wildman–Crippen MR) is 71.5 cm³/mol. The predicted octanol–water partition coefficient (Wildman–Crippen LogP) is 1.73. The zero-order valence-electron chi connectivity index (χ0n) is 10.9. The van der Waals surface area contributed by atoms with E-state index in [9.17, 15) is 10.2 Å². The van der Waals surface area contributed by atoms with E-state index in [0.717, 1.165) is 37.3 Å². The van der Waals surface area contributed by atoms with Gasteiger partial charge >= 0.3 is 0 Å². The Bertz CT molecular complexity index is 367. The highest BCUT2D eigenvalue weighted by molar-refractivity contribution is 5.45. The zero-order chi connectivity index (χ0) is 13.0. The fourth-order valence-electron chi connectivity index (χ4n) is 2.44. The molecule has 0 aliphatic carbocycles. The van der Waals surface area contributed by atoms with Gasteiger partial charge in [-0.05, 0) is 37.3 Å². The summed E-state index contributed by atoms with van der Waals surface area (Å²) >= 11 is 0. The van der Waals surface area contributed by atoms with Crippen molar-refractivity contribution in [2.75, 3.05) is 24.6 Å². The number of anilines is 1. The van der Waals surface area contributed by atoms with Gasteiger partial charge in [0.2, 0.25) is 0 Å². The molecule has 0 amide bonds. The van der Waals surface area contributed by atoms with E-state index in [1.807, 2.05) is 25.3 Å². The number of hydrogen-bond donors (Lipinski definition) is 2. The maximum atomic E-state index is 9.70. The van der Waals surface area contributed by atoms with Crippen LogP contribution >= 0.6 is 0 Å². The first-order valence-corrected chi connectivity index (χ1v) is 6.74. The lowest BCUT2D eigenvalue weighted by molar-refractivity contribution is 0.169. The molecule has 0 aromatic carbocycles. The minimum atomic E-state index is -0.467. The van der Waals surface area contributed by atoms with Gasteiger partial charge in [-0.25, -0.2) is 0 Å². The summed E-state index contributed by atoms with van der Waals surface area (Å²) < 4.78 is 0. The summed E-state index contributed by atoms with van der Waals surface area (Å²) in [7, 11) is 0. The molecule has 1 aliphatic heterocycles. The molecule has 18 heavy (non-hydrogen) atoms. The van der Waals surface area contributed by atoms with Gasteiger partial charge in [0.05, 0.1) is 23.7 Å². The summed E-state index contributed by atoms with van der Waals surface area (Å²) in [5.41, 5.74) is 1.82. The van der Waals surface area contributed by atoms with Gasteiger partial charge in [0.15, 0.2) is 0 Å². The molecule has 1 aliphatic rings. The summed E-state index contributed by atoms with van der Waals surface area (Å²) in [4.78, 5) is 6.58. The number of rotatable bonds is 4. The lowest BCUT2D eigenvalue weighted by atomic mass is 9.99. The molecule has 2 unspecified atom stereocenters. The Morgan fingerprint density at radius 1 is 1.50 bits per heavy atom. The lowest BCUT2D eigenvalue weighted by Crippen LogP contribution is -2.36. The highest BCUT2D eigenvalue weighted by atomic mass is 16.3. The number of hydrogen-bond acceptors (Lipinski definition) is 4. The van der Waals surface area contributed by atoms with Crippen LogP contribution in [0.4, 0.5) is 5.69 Å². The standard InChI is InChI=1S/C14H22N2O2/c1-2-14(18)13-6-5-12(8-15-13)16-7-3-4-11(9-16)10-17/h5-6,8,11,14,17-18H,2-4,7,9-10H2,1H3. The average molecular weight is 250 g/mol. The molecule has 1 fully saturated rings.